The maximum Gasteiger partial charge on any atom is 0.251 e. The average molecular weight is 408 g/mol. The number of piperidine rings is 1. The molecule has 3 rings (SSSR count). The quantitative estimate of drug-likeness (QED) is 0.815. The first-order valence-electron chi connectivity index (χ1n) is 10.2. The molecule has 156 valence electrons. The van der Waals surface area contributed by atoms with Gasteiger partial charge in [0.05, 0.1) is 11.4 Å². The Kier molecular flexibility index (Phi) is 6.05. The summed E-state index contributed by atoms with van der Waals surface area (Å²) in [4.78, 5) is 15.1. The van der Waals surface area contributed by atoms with E-state index < -0.39 is 10.0 Å². The Morgan fingerprint density at radius 1 is 1.14 bits per heavy atom. The van der Waals surface area contributed by atoms with Crippen LogP contribution in [0.4, 0.5) is 5.69 Å². The Hall–Kier alpha value is -1.60. The highest BCUT2D eigenvalue weighted by molar-refractivity contribution is 7.93. The van der Waals surface area contributed by atoms with E-state index in [1.54, 1.807) is 24.3 Å². The first-order valence-corrected chi connectivity index (χ1v) is 11.8. The number of hydrogen-bond acceptors (Lipinski definition) is 4. The first-order chi connectivity index (χ1) is 13.1. The van der Waals surface area contributed by atoms with Gasteiger partial charge in [0, 0.05) is 37.3 Å². The topological polar surface area (TPSA) is 69.7 Å². The molecule has 2 saturated heterocycles. The van der Waals surface area contributed by atoms with Gasteiger partial charge in [0.15, 0.2) is 0 Å². The number of hydrogen-bond donors (Lipinski definition) is 1. The lowest BCUT2D eigenvalue weighted by atomic mass is 9.88. The van der Waals surface area contributed by atoms with Gasteiger partial charge in [-0.3, -0.25) is 14.0 Å². The summed E-state index contributed by atoms with van der Waals surface area (Å²) in [5.41, 5.74) is 1.07. The minimum absolute atomic E-state index is 0.109. The van der Waals surface area contributed by atoms with Crippen molar-refractivity contribution >= 4 is 21.6 Å². The van der Waals surface area contributed by atoms with Gasteiger partial charge < -0.3 is 5.32 Å². The van der Waals surface area contributed by atoms with E-state index in [0.29, 0.717) is 42.6 Å². The van der Waals surface area contributed by atoms with E-state index in [1.165, 1.54) is 10.7 Å². The van der Waals surface area contributed by atoms with Crippen LogP contribution in [-0.4, -0.2) is 56.7 Å². The highest BCUT2D eigenvalue weighted by Crippen LogP contribution is 2.27. The van der Waals surface area contributed by atoms with E-state index in [9.17, 15) is 13.2 Å². The molecule has 2 fully saturated rings. The molecular weight excluding hydrogens is 374 g/mol. The van der Waals surface area contributed by atoms with E-state index >= 15 is 0 Å². The van der Waals surface area contributed by atoms with E-state index in [1.807, 2.05) is 0 Å². The molecule has 0 aromatic heterocycles. The third-order valence-electron chi connectivity index (χ3n) is 5.92. The molecule has 1 aromatic rings. The Morgan fingerprint density at radius 3 is 2.29 bits per heavy atom. The molecule has 1 N–H and O–H groups in total. The predicted molar refractivity (Wildman–Crippen MR) is 113 cm³/mol. The van der Waals surface area contributed by atoms with E-state index in [0.717, 1.165) is 13.1 Å². The van der Waals surface area contributed by atoms with Crippen molar-refractivity contribution in [1.29, 1.82) is 0 Å². The van der Waals surface area contributed by atoms with Crippen LogP contribution in [0.25, 0.3) is 0 Å². The van der Waals surface area contributed by atoms with Crippen LogP contribution in [0.2, 0.25) is 0 Å². The number of anilines is 1. The lowest BCUT2D eigenvalue weighted by molar-refractivity contribution is 0.0445. The summed E-state index contributed by atoms with van der Waals surface area (Å²) in [6.45, 7) is 12.2. The molecule has 0 spiro atoms. The van der Waals surface area contributed by atoms with Crippen LogP contribution in [-0.2, 0) is 10.0 Å². The van der Waals surface area contributed by atoms with Gasteiger partial charge in [0.1, 0.15) is 0 Å². The molecule has 0 saturated carbocycles. The summed E-state index contributed by atoms with van der Waals surface area (Å²) in [6.07, 6.45) is 1.91. The zero-order valence-corrected chi connectivity index (χ0v) is 18.3. The molecule has 2 unspecified atom stereocenters. The van der Waals surface area contributed by atoms with Gasteiger partial charge >= 0.3 is 0 Å². The van der Waals surface area contributed by atoms with Gasteiger partial charge in [-0.1, -0.05) is 13.8 Å². The van der Waals surface area contributed by atoms with Crippen LogP contribution in [0.3, 0.4) is 0 Å². The minimum atomic E-state index is -3.20. The third kappa shape index (κ3) is 4.69. The largest absolute Gasteiger partial charge is 0.350 e. The van der Waals surface area contributed by atoms with Crippen LogP contribution in [0.5, 0.6) is 0 Å². The lowest BCUT2D eigenvalue weighted by Gasteiger charge is -2.45. The van der Waals surface area contributed by atoms with Crippen molar-refractivity contribution < 1.29 is 13.2 Å². The summed E-state index contributed by atoms with van der Waals surface area (Å²) in [6, 6.07) is 6.85. The van der Waals surface area contributed by atoms with Crippen molar-refractivity contribution in [3.05, 3.63) is 29.8 Å². The second kappa shape index (κ2) is 8.03. The number of benzene rings is 1. The molecule has 0 bridgehead atoms. The monoisotopic (exact) mass is 407 g/mol. The number of amides is 1. The summed E-state index contributed by atoms with van der Waals surface area (Å²) in [5, 5.41) is 3.06. The SMILES string of the molecule is CC1CC(C)CN(C(C)(C)CNC(=O)c2ccc(N3CCCS3(=O)=O)cc2)C1. The third-order valence-corrected chi connectivity index (χ3v) is 7.79. The molecule has 2 heterocycles. The highest BCUT2D eigenvalue weighted by atomic mass is 32.2. The predicted octanol–water partition coefficient (Wildman–Crippen LogP) is 2.71. The van der Waals surface area contributed by atoms with Gasteiger partial charge in [-0.2, -0.15) is 0 Å². The zero-order valence-electron chi connectivity index (χ0n) is 17.4. The van der Waals surface area contributed by atoms with Gasteiger partial charge in [0.25, 0.3) is 5.91 Å². The smallest absolute Gasteiger partial charge is 0.251 e. The maximum absolute atomic E-state index is 12.6. The van der Waals surface area contributed by atoms with Crippen LogP contribution >= 0.6 is 0 Å². The standard InChI is InChI=1S/C21H33N3O3S/c1-16-12-17(2)14-23(13-16)21(3,4)15-22-20(25)18-6-8-19(9-7-18)24-10-5-11-28(24,26)27/h6-9,16-17H,5,10-15H2,1-4H3,(H,22,25). The normalized spacial score (nSPS) is 25.6. The van der Waals surface area contributed by atoms with Gasteiger partial charge in [-0.25, -0.2) is 8.42 Å². The molecule has 1 amide bonds. The lowest BCUT2D eigenvalue weighted by Crippen LogP contribution is -2.56. The molecule has 2 atom stereocenters. The fraction of sp³-hybridized carbons (Fsp3) is 0.667. The Balaban J connectivity index is 1.60. The van der Waals surface area contributed by atoms with Crippen LogP contribution in [0, 0.1) is 11.8 Å². The van der Waals surface area contributed by atoms with E-state index in [4.69, 9.17) is 0 Å². The number of nitrogens with one attached hydrogen (secondary N) is 1. The molecule has 28 heavy (non-hydrogen) atoms. The van der Waals surface area contributed by atoms with Crippen molar-refractivity contribution in [3.63, 3.8) is 0 Å². The molecule has 6 nitrogen and oxygen atoms in total. The molecule has 2 aliphatic rings. The Labute approximate surface area is 169 Å². The van der Waals surface area contributed by atoms with Crippen molar-refractivity contribution in [3.8, 4) is 0 Å². The van der Waals surface area contributed by atoms with Gasteiger partial charge in [0.2, 0.25) is 10.0 Å². The first kappa shape index (κ1) is 21.1. The second-order valence-electron chi connectivity index (χ2n) is 9.13. The van der Waals surface area contributed by atoms with Crippen LogP contribution in [0.15, 0.2) is 24.3 Å². The molecular formula is C21H33N3O3S. The van der Waals surface area contributed by atoms with Gasteiger partial charge in [-0.15, -0.1) is 0 Å². The number of sulfonamides is 1. The Bertz CT molecular complexity index is 795. The molecule has 1 aromatic carbocycles. The van der Waals surface area contributed by atoms with Crippen molar-refractivity contribution in [2.45, 2.75) is 46.1 Å². The highest BCUT2D eigenvalue weighted by Gasteiger charge is 2.33. The second-order valence-corrected chi connectivity index (χ2v) is 11.1. The fourth-order valence-corrected chi connectivity index (χ4v) is 5.94. The number of nitrogens with zero attached hydrogens (tertiary/aromatic N) is 2. The molecule has 2 aliphatic heterocycles. The maximum atomic E-state index is 12.6. The number of likely N-dealkylation sites (tertiary alicyclic amines) is 1. The van der Waals surface area contributed by atoms with Crippen LogP contribution in [0.1, 0.15) is 50.9 Å². The average Bonchev–Trinajstić information content (AvgIpc) is 2.98. The number of carbonyl (C=O) groups excluding carboxylic acids is 1. The Morgan fingerprint density at radius 2 is 1.75 bits per heavy atom. The summed E-state index contributed by atoms with van der Waals surface area (Å²) in [5.74, 6) is 1.42. The van der Waals surface area contributed by atoms with Crippen molar-refractivity contribution in [2.75, 3.05) is 36.2 Å². The molecule has 0 aliphatic carbocycles. The molecule has 0 radical (unpaired) electrons. The van der Waals surface area contributed by atoms with Gasteiger partial charge in [-0.05, 0) is 62.8 Å². The fourth-order valence-electron chi connectivity index (χ4n) is 4.38. The zero-order chi connectivity index (χ0) is 20.5. The van der Waals surface area contributed by atoms with E-state index in [-0.39, 0.29) is 17.2 Å². The summed E-state index contributed by atoms with van der Waals surface area (Å²) >= 11 is 0. The van der Waals surface area contributed by atoms with Crippen molar-refractivity contribution in [2.24, 2.45) is 11.8 Å². The van der Waals surface area contributed by atoms with Crippen molar-refractivity contribution in [1.82, 2.24) is 10.2 Å². The summed E-state index contributed by atoms with van der Waals surface area (Å²) in [7, 11) is -3.20. The number of rotatable bonds is 5. The van der Waals surface area contributed by atoms with Crippen LogP contribution < -0.4 is 9.62 Å². The summed E-state index contributed by atoms with van der Waals surface area (Å²) < 4.78 is 25.5. The molecule has 7 heteroatoms. The number of carbonyl (C=O) groups is 1. The minimum Gasteiger partial charge on any atom is -0.350 e. The van der Waals surface area contributed by atoms with E-state index in [2.05, 4.69) is 37.9 Å².